The molecule has 2 aromatic rings. The fraction of sp³-hybridized carbons (Fsp3) is 0.333. The summed E-state index contributed by atoms with van der Waals surface area (Å²) in [5.41, 5.74) is 0.770. The van der Waals surface area contributed by atoms with Crippen molar-refractivity contribution in [2.75, 3.05) is 0 Å². The van der Waals surface area contributed by atoms with Gasteiger partial charge in [0.15, 0.2) is 6.54 Å². The van der Waals surface area contributed by atoms with Crippen molar-refractivity contribution in [1.29, 1.82) is 0 Å². The molecule has 94 valence electrons. The Kier molecular flexibility index (Phi) is 4.29. The molecule has 0 aliphatic carbocycles. The molecular weight excluding hydrogens is 224 g/mol. The standard InChI is InChI=1S/C15H19N2O/c1-2-3-9-16-10-11-17(13-16)12-15(18)14-7-5-4-6-8-14/h4-8,10-11,13H,2-3,9,12H2,1H3/q+1. The highest BCUT2D eigenvalue weighted by Gasteiger charge is 2.10. The summed E-state index contributed by atoms with van der Waals surface area (Å²) < 4.78 is 4.06. The smallest absolute Gasteiger partial charge is 0.244 e. The van der Waals surface area contributed by atoms with E-state index >= 15 is 0 Å². The van der Waals surface area contributed by atoms with E-state index in [-0.39, 0.29) is 5.78 Å². The van der Waals surface area contributed by atoms with E-state index in [0.717, 1.165) is 12.1 Å². The van der Waals surface area contributed by atoms with Crippen LogP contribution >= 0.6 is 0 Å². The third-order valence-electron chi connectivity index (χ3n) is 2.94. The molecule has 1 aromatic carbocycles. The van der Waals surface area contributed by atoms with E-state index in [9.17, 15) is 4.79 Å². The van der Waals surface area contributed by atoms with Crippen molar-refractivity contribution in [3.8, 4) is 0 Å². The summed E-state index contributed by atoms with van der Waals surface area (Å²) in [5.74, 6) is 0.147. The maximum Gasteiger partial charge on any atom is 0.244 e. The van der Waals surface area contributed by atoms with Gasteiger partial charge in [0.1, 0.15) is 12.4 Å². The zero-order valence-electron chi connectivity index (χ0n) is 10.7. The molecule has 3 nitrogen and oxygen atoms in total. The number of hydrogen-bond donors (Lipinski definition) is 0. The van der Waals surface area contributed by atoms with Gasteiger partial charge >= 0.3 is 0 Å². The van der Waals surface area contributed by atoms with E-state index in [4.69, 9.17) is 0 Å². The van der Waals surface area contributed by atoms with Crippen molar-refractivity contribution in [2.45, 2.75) is 32.9 Å². The normalized spacial score (nSPS) is 10.5. The Hall–Kier alpha value is -1.90. The van der Waals surface area contributed by atoms with E-state index in [1.165, 1.54) is 12.8 Å². The van der Waals surface area contributed by atoms with Crippen LogP contribution in [0.2, 0.25) is 0 Å². The number of unbranched alkanes of at least 4 members (excludes halogenated alkanes) is 1. The van der Waals surface area contributed by atoms with Crippen LogP contribution in [0.15, 0.2) is 49.1 Å². The third kappa shape index (κ3) is 3.29. The van der Waals surface area contributed by atoms with Gasteiger partial charge < -0.3 is 0 Å². The first-order valence-electron chi connectivity index (χ1n) is 6.42. The molecule has 0 atom stereocenters. The molecule has 0 aliphatic rings. The van der Waals surface area contributed by atoms with Gasteiger partial charge in [-0.05, 0) is 6.42 Å². The highest BCUT2D eigenvalue weighted by molar-refractivity contribution is 5.94. The number of aryl methyl sites for hydroxylation is 1. The van der Waals surface area contributed by atoms with E-state index in [1.807, 2.05) is 53.6 Å². The van der Waals surface area contributed by atoms with Gasteiger partial charge in [-0.15, -0.1) is 0 Å². The van der Waals surface area contributed by atoms with Crippen LogP contribution in [0.25, 0.3) is 0 Å². The lowest BCUT2D eigenvalue weighted by molar-refractivity contribution is -0.682. The lowest BCUT2D eigenvalue weighted by Crippen LogP contribution is -2.35. The van der Waals surface area contributed by atoms with Gasteiger partial charge in [-0.25, -0.2) is 9.13 Å². The topological polar surface area (TPSA) is 25.9 Å². The van der Waals surface area contributed by atoms with Gasteiger partial charge in [0.2, 0.25) is 12.1 Å². The van der Waals surface area contributed by atoms with Crippen LogP contribution in [-0.4, -0.2) is 10.4 Å². The molecule has 0 saturated heterocycles. The van der Waals surface area contributed by atoms with Crippen LogP contribution in [0.5, 0.6) is 0 Å². The summed E-state index contributed by atoms with van der Waals surface area (Å²) >= 11 is 0. The molecule has 0 saturated carbocycles. The number of aromatic nitrogens is 2. The molecule has 0 bridgehead atoms. The van der Waals surface area contributed by atoms with E-state index in [1.54, 1.807) is 0 Å². The number of carbonyl (C=O) groups excluding carboxylic acids is 1. The Morgan fingerprint density at radius 2 is 2.06 bits per heavy atom. The van der Waals surface area contributed by atoms with Crippen LogP contribution in [0.1, 0.15) is 30.1 Å². The summed E-state index contributed by atoms with van der Waals surface area (Å²) in [6, 6.07) is 9.42. The lowest BCUT2D eigenvalue weighted by Gasteiger charge is -1.97. The predicted molar refractivity (Wildman–Crippen MR) is 70.3 cm³/mol. The number of carbonyl (C=O) groups is 1. The van der Waals surface area contributed by atoms with E-state index < -0.39 is 0 Å². The van der Waals surface area contributed by atoms with E-state index in [2.05, 4.69) is 11.5 Å². The second-order valence-corrected chi connectivity index (χ2v) is 4.47. The largest absolute Gasteiger partial charge is 0.290 e. The molecule has 0 N–H and O–H groups in total. The highest BCUT2D eigenvalue weighted by Crippen LogP contribution is 2.00. The van der Waals surface area contributed by atoms with Crippen molar-refractivity contribution in [1.82, 2.24) is 4.57 Å². The SMILES string of the molecule is CCCCn1cc[n+](CC(=O)c2ccccc2)c1. The molecule has 3 heteroatoms. The van der Waals surface area contributed by atoms with Crippen LogP contribution in [0.3, 0.4) is 0 Å². The summed E-state index contributed by atoms with van der Waals surface area (Å²) in [6.45, 7) is 3.60. The number of nitrogens with zero attached hydrogens (tertiary/aromatic N) is 2. The van der Waals surface area contributed by atoms with Gasteiger partial charge in [0, 0.05) is 5.56 Å². The molecule has 1 aromatic heterocycles. The van der Waals surface area contributed by atoms with Gasteiger partial charge in [-0.2, -0.15) is 0 Å². The first-order valence-corrected chi connectivity index (χ1v) is 6.42. The molecule has 0 radical (unpaired) electrons. The molecule has 1 heterocycles. The summed E-state index contributed by atoms with van der Waals surface area (Å²) in [7, 11) is 0. The molecule has 0 aliphatic heterocycles. The quantitative estimate of drug-likeness (QED) is 0.565. The molecular formula is C15H19N2O+. The summed E-state index contributed by atoms with van der Waals surface area (Å²) in [6.07, 6.45) is 8.32. The maximum atomic E-state index is 12.0. The Balaban J connectivity index is 1.97. The van der Waals surface area contributed by atoms with Gasteiger partial charge in [0.05, 0.1) is 6.54 Å². The van der Waals surface area contributed by atoms with Crippen molar-refractivity contribution < 1.29 is 9.36 Å². The fourth-order valence-corrected chi connectivity index (χ4v) is 1.89. The Labute approximate surface area is 108 Å². The van der Waals surface area contributed by atoms with Crippen LogP contribution in [0.4, 0.5) is 0 Å². The fourth-order valence-electron chi connectivity index (χ4n) is 1.89. The average molecular weight is 243 g/mol. The predicted octanol–water partition coefficient (Wildman–Crippen LogP) is 2.46. The monoisotopic (exact) mass is 243 g/mol. The lowest BCUT2D eigenvalue weighted by atomic mass is 10.1. The Bertz CT molecular complexity index is 502. The van der Waals surface area contributed by atoms with Crippen molar-refractivity contribution in [2.24, 2.45) is 0 Å². The number of Topliss-reactive ketones (excluding diaryl/α,β-unsaturated/α-hetero) is 1. The van der Waals surface area contributed by atoms with Crippen LogP contribution < -0.4 is 4.57 Å². The van der Waals surface area contributed by atoms with Crippen molar-refractivity contribution in [3.05, 3.63) is 54.6 Å². The number of imidazole rings is 1. The summed E-state index contributed by atoms with van der Waals surface area (Å²) in [4.78, 5) is 12.0. The molecule has 2 rings (SSSR count). The number of rotatable bonds is 6. The van der Waals surface area contributed by atoms with Gasteiger partial charge in [-0.3, -0.25) is 4.79 Å². The Morgan fingerprint density at radius 1 is 1.28 bits per heavy atom. The summed E-state index contributed by atoms with van der Waals surface area (Å²) in [5, 5.41) is 0. The average Bonchev–Trinajstić information content (AvgIpc) is 2.85. The number of benzene rings is 1. The zero-order valence-corrected chi connectivity index (χ0v) is 10.7. The van der Waals surface area contributed by atoms with Crippen LogP contribution in [-0.2, 0) is 13.1 Å². The maximum absolute atomic E-state index is 12.0. The molecule has 0 spiro atoms. The number of ketones is 1. The van der Waals surface area contributed by atoms with Crippen molar-refractivity contribution >= 4 is 5.78 Å². The van der Waals surface area contributed by atoms with Crippen molar-refractivity contribution in [3.63, 3.8) is 0 Å². The van der Waals surface area contributed by atoms with E-state index in [0.29, 0.717) is 6.54 Å². The minimum Gasteiger partial charge on any atom is -0.290 e. The first kappa shape index (κ1) is 12.6. The highest BCUT2D eigenvalue weighted by atomic mass is 16.1. The van der Waals surface area contributed by atoms with Gasteiger partial charge in [-0.1, -0.05) is 43.7 Å². The van der Waals surface area contributed by atoms with Gasteiger partial charge in [0.25, 0.3) is 0 Å². The molecule has 0 fully saturated rings. The Morgan fingerprint density at radius 3 is 2.78 bits per heavy atom. The molecule has 0 unspecified atom stereocenters. The number of hydrogen-bond acceptors (Lipinski definition) is 1. The second kappa shape index (κ2) is 6.15. The molecule has 0 amide bonds. The minimum absolute atomic E-state index is 0.147. The molecule has 18 heavy (non-hydrogen) atoms. The third-order valence-corrected chi connectivity index (χ3v) is 2.94. The minimum atomic E-state index is 0.147. The zero-order chi connectivity index (χ0) is 12.8. The van der Waals surface area contributed by atoms with Crippen LogP contribution in [0, 0.1) is 0 Å². The second-order valence-electron chi connectivity index (χ2n) is 4.47. The first-order chi connectivity index (χ1) is 8.79.